The lowest BCUT2D eigenvalue weighted by Gasteiger charge is -2.17. The highest BCUT2D eigenvalue weighted by atomic mass is 16.3. The summed E-state index contributed by atoms with van der Waals surface area (Å²) in [6.45, 7) is 4.29. The summed E-state index contributed by atoms with van der Waals surface area (Å²) >= 11 is 0. The van der Waals surface area contributed by atoms with Crippen LogP contribution in [0.1, 0.15) is 48.8 Å². The first-order chi connectivity index (χ1) is 8.16. The minimum atomic E-state index is -0.155. The Labute approximate surface area is 105 Å². The third kappa shape index (κ3) is 3.32. The van der Waals surface area contributed by atoms with Crippen LogP contribution < -0.4 is 0 Å². The second kappa shape index (κ2) is 5.68. The monoisotopic (exact) mass is 232 g/mol. The van der Waals surface area contributed by atoms with E-state index in [1.54, 1.807) is 0 Å². The van der Waals surface area contributed by atoms with Crippen molar-refractivity contribution in [2.75, 3.05) is 0 Å². The quantitative estimate of drug-likeness (QED) is 0.837. The number of hydrogen-bond donors (Lipinski definition) is 1. The summed E-state index contributed by atoms with van der Waals surface area (Å²) in [5.74, 6) is 0.773. The van der Waals surface area contributed by atoms with Gasteiger partial charge in [0.1, 0.15) is 0 Å². The van der Waals surface area contributed by atoms with Gasteiger partial charge in [0.2, 0.25) is 0 Å². The number of aliphatic hydroxyl groups excluding tert-OH is 1. The lowest BCUT2D eigenvalue weighted by atomic mass is 9.92. The first kappa shape index (κ1) is 12.6. The average molecular weight is 232 g/mol. The predicted molar refractivity (Wildman–Crippen MR) is 72.2 cm³/mol. The normalized spacial score (nSPS) is 18.5. The van der Waals surface area contributed by atoms with Gasteiger partial charge in [-0.3, -0.25) is 0 Å². The molecule has 0 saturated heterocycles. The number of hydrogen-bond acceptors (Lipinski definition) is 1. The number of rotatable bonds is 4. The Balaban J connectivity index is 1.95. The summed E-state index contributed by atoms with van der Waals surface area (Å²) in [7, 11) is 0. The summed E-state index contributed by atoms with van der Waals surface area (Å²) in [4.78, 5) is 0. The van der Waals surface area contributed by atoms with E-state index in [1.165, 1.54) is 42.4 Å². The van der Waals surface area contributed by atoms with Crippen molar-refractivity contribution in [2.24, 2.45) is 5.92 Å². The van der Waals surface area contributed by atoms with Gasteiger partial charge in [0.25, 0.3) is 0 Å². The van der Waals surface area contributed by atoms with Gasteiger partial charge in [-0.15, -0.1) is 0 Å². The molecule has 1 nitrogen and oxygen atoms in total. The molecule has 1 unspecified atom stereocenters. The summed E-state index contributed by atoms with van der Waals surface area (Å²) in [6, 6.07) is 6.38. The molecule has 0 aliphatic heterocycles. The van der Waals surface area contributed by atoms with Crippen LogP contribution in [0.4, 0.5) is 0 Å². The molecule has 0 aromatic heterocycles. The van der Waals surface area contributed by atoms with E-state index in [2.05, 4.69) is 32.0 Å². The van der Waals surface area contributed by atoms with Gasteiger partial charge in [-0.1, -0.05) is 43.9 Å². The Bertz CT molecular complexity index is 344. The molecule has 0 radical (unpaired) electrons. The first-order valence-corrected chi connectivity index (χ1v) is 6.90. The molecule has 1 heteroatoms. The molecule has 2 rings (SSSR count). The Morgan fingerprint density at radius 1 is 1.18 bits per heavy atom. The van der Waals surface area contributed by atoms with E-state index >= 15 is 0 Å². The van der Waals surface area contributed by atoms with Crippen LogP contribution >= 0.6 is 0 Å². The van der Waals surface area contributed by atoms with Crippen molar-refractivity contribution in [3.8, 4) is 0 Å². The highest BCUT2D eigenvalue weighted by Crippen LogP contribution is 2.29. The highest BCUT2D eigenvalue weighted by molar-refractivity contribution is 5.33. The largest absolute Gasteiger partial charge is 0.393 e. The van der Waals surface area contributed by atoms with Gasteiger partial charge in [-0.05, 0) is 49.3 Å². The summed E-state index contributed by atoms with van der Waals surface area (Å²) in [5, 5.41) is 10.2. The molecule has 0 spiro atoms. The molecular weight excluding hydrogens is 208 g/mol. The van der Waals surface area contributed by atoms with E-state index in [9.17, 15) is 5.11 Å². The van der Waals surface area contributed by atoms with Gasteiger partial charge < -0.3 is 5.11 Å². The average Bonchev–Trinajstić information content (AvgIpc) is 2.76. The van der Waals surface area contributed by atoms with Crippen molar-refractivity contribution in [3.63, 3.8) is 0 Å². The maximum absolute atomic E-state index is 10.2. The molecule has 1 fully saturated rings. The van der Waals surface area contributed by atoms with Crippen molar-refractivity contribution < 1.29 is 5.11 Å². The molecule has 0 bridgehead atoms. The van der Waals surface area contributed by atoms with E-state index in [1.807, 2.05) is 0 Å². The Kier molecular flexibility index (Phi) is 4.22. The molecule has 1 atom stereocenters. The van der Waals surface area contributed by atoms with Gasteiger partial charge in [0.05, 0.1) is 6.10 Å². The molecule has 1 saturated carbocycles. The van der Waals surface area contributed by atoms with Crippen molar-refractivity contribution in [3.05, 3.63) is 34.9 Å². The van der Waals surface area contributed by atoms with Crippen LogP contribution in [0, 0.1) is 19.8 Å². The standard InChI is InChI=1S/C16H24O/c1-12-6-5-7-13(2)16(12)11-15(17)10-14-8-3-4-9-14/h5-7,14-15,17H,3-4,8-11H2,1-2H3. The van der Waals surface area contributed by atoms with Crippen molar-refractivity contribution in [1.82, 2.24) is 0 Å². The number of benzene rings is 1. The molecule has 1 aromatic carbocycles. The molecule has 1 N–H and O–H groups in total. The van der Waals surface area contributed by atoms with Crippen LogP contribution in [0.15, 0.2) is 18.2 Å². The molecule has 1 aliphatic carbocycles. The Morgan fingerprint density at radius 2 is 1.76 bits per heavy atom. The van der Waals surface area contributed by atoms with Crippen molar-refractivity contribution in [1.29, 1.82) is 0 Å². The SMILES string of the molecule is Cc1cccc(C)c1CC(O)CC1CCCC1. The fraction of sp³-hybridized carbons (Fsp3) is 0.625. The Hall–Kier alpha value is -0.820. The minimum absolute atomic E-state index is 0.155. The maximum Gasteiger partial charge on any atom is 0.0583 e. The van der Waals surface area contributed by atoms with Crippen molar-refractivity contribution >= 4 is 0 Å². The smallest absolute Gasteiger partial charge is 0.0583 e. The van der Waals surface area contributed by atoms with E-state index in [4.69, 9.17) is 0 Å². The third-order valence-electron chi connectivity index (χ3n) is 4.16. The van der Waals surface area contributed by atoms with Crippen LogP contribution in [0.2, 0.25) is 0 Å². The van der Waals surface area contributed by atoms with Gasteiger partial charge in [-0.25, -0.2) is 0 Å². The van der Waals surface area contributed by atoms with Gasteiger partial charge in [0.15, 0.2) is 0 Å². The maximum atomic E-state index is 10.2. The summed E-state index contributed by atoms with van der Waals surface area (Å²) in [6.07, 6.45) is 7.04. The second-order valence-corrected chi connectivity index (χ2v) is 5.61. The molecule has 1 aromatic rings. The van der Waals surface area contributed by atoms with Crippen LogP contribution in [-0.4, -0.2) is 11.2 Å². The lowest BCUT2D eigenvalue weighted by molar-refractivity contribution is 0.143. The summed E-state index contributed by atoms with van der Waals surface area (Å²) in [5.41, 5.74) is 3.98. The van der Waals surface area contributed by atoms with E-state index in [0.717, 1.165) is 18.8 Å². The minimum Gasteiger partial charge on any atom is -0.393 e. The molecule has 94 valence electrons. The van der Waals surface area contributed by atoms with E-state index < -0.39 is 0 Å². The van der Waals surface area contributed by atoms with Gasteiger partial charge in [-0.2, -0.15) is 0 Å². The lowest BCUT2D eigenvalue weighted by Crippen LogP contribution is -2.16. The Morgan fingerprint density at radius 3 is 2.35 bits per heavy atom. The first-order valence-electron chi connectivity index (χ1n) is 6.90. The van der Waals surface area contributed by atoms with Gasteiger partial charge >= 0.3 is 0 Å². The molecule has 1 aliphatic rings. The van der Waals surface area contributed by atoms with Crippen molar-refractivity contribution in [2.45, 2.75) is 58.5 Å². The van der Waals surface area contributed by atoms with Gasteiger partial charge in [0, 0.05) is 0 Å². The highest BCUT2D eigenvalue weighted by Gasteiger charge is 2.19. The molecule has 17 heavy (non-hydrogen) atoms. The zero-order valence-electron chi connectivity index (χ0n) is 11.1. The fourth-order valence-electron chi connectivity index (χ4n) is 3.12. The molecule has 0 amide bonds. The third-order valence-corrected chi connectivity index (χ3v) is 4.16. The topological polar surface area (TPSA) is 20.2 Å². The molecular formula is C16H24O. The zero-order chi connectivity index (χ0) is 12.3. The van der Waals surface area contributed by atoms with Crippen LogP contribution in [0.3, 0.4) is 0 Å². The zero-order valence-corrected chi connectivity index (χ0v) is 11.1. The number of aliphatic hydroxyl groups is 1. The van der Waals surface area contributed by atoms with E-state index in [0.29, 0.717) is 0 Å². The van der Waals surface area contributed by atoms with Crippen LogP contribution in [0.5, 0.6) is 0 Å². The van der Waals surface area contributed by atoms with Crippen LogP contribution in [0.25, 0.3) is 0 Å². The second-order valence-electron chi connectivity index (χ2n) is 5.61. The van der Waals surface area contributed by atoms with E-state index in [-0.39, 0.29) is 6.10 Å². The fourth-order valence-corrected chi connectivity index (χ4v) is 3.12. The number of aryl methyl sites for hydroxylation is 2. The molecule has 0 heterocycles. The summed E-state index contributed by atoms with van der Waals surface area (Å²) < 4.78 is 0. The predicted octanol–water partition coefficient (Wildman–Crippen LogP) is 3.79. The van der Waals surface area contributed by atoms with Crippen LogP contribution in [-0.2, 0) is 6.42 Å².